The number of nitrogen functional groups attached to an aromatic ring is 2. The monoisotopic (exact) mass is 550 g/mol. The Morgan fingerprint density at radius 2 is 1.07 bits per heavy atom. The van der Waals surface area contributed by atoms with Crippen LogP contribution in [0, 0.1) is 13.8 Å². The van der Waals surface area contributed by atoms with Crippen molar-refractivity contribution in [2.75, 3.05) is 35.3 Å². The van der Waals surface area contributed by atoms with Gasteiger partial charge in [0.15, 0.2) is 11.6 Å². The van der Waals surface area contributed by atoms with Crippen molar-refractivity contribution in [3.63, 3.8) is 0 Å². The molecule has 4 heterocycles. The number of hydrogen-bond acceptors (Lipinski definition) is 12. The van der Waals surface area contributed by atoms with Gasteiger partial charge in [0.1, 0.15) is 11.0 Å². The Morgan fingerprint density at radius 1 is 0.675 bits per heavy atom. The Hall–Kier alpha value is -3.90. The molecule has 0 saturated carbocycles. The SMILES string of the molecule is CCCC[C@@H](CO)Nc1nc(N)nc2c(C)ccnc12.CCCC[C@H](CO)Nc1nc(N)nc2c(C)ccnc12. The van der Waals surface area contributed by atoms with Crippen molar-refractivity contribution in [2.45, 2.75) is 78.3 Å². The predicted molar refractivity (Wildman–Crippen MR) is 161 cm³/mol. The average molecular weight is 551 g/mol. The third-order valence-corrected chi connectivity index (χ3v) is 6.54. The normalized spacial score (nSPS) is 12.6. The molecule has 0 aliphatic carbocycles. The highest BCUT2D eigenvalue weighted by Crippen LogP contribution is 2.24. The second-order valence-electron chi connectivity index (χ2n) is 9.84. The molecular formula is C28H42N10O2. The number of rotatable bonds is 12. The molecule has 0 spiro atoms. The summed E-state index contributed by atoms with van der Waals surface area (Å²) in [5.41, 5.74) is 16.4. The van der Waals surface area contributed by atoms with E-state index in [2.05, 4.69) is 54.4 Å². The van der Waals surface area contributed by atoms with Crippen molar-refractivity contribution in [2.24, 2.45) is 0 Å². The van der Waals surface area contributed by atoms with Crippen molar-refractivity contribution in [1.29, 1.82) is 0 Å². The van der Waals surface area contributed by atoms with Gasteiger partial charge in [0.25, 0.3) is 0 Å². The molecule has 12 heteroatoms. The maximum atomic E-state index is 9.45. The number of nitrogens with zero attached hydrogens (tertiary/aromatic N) is 6. The minimum Gasteiger partial charge on any atom is -0.394 e. The van der Waals surface area contributed by atoms with E-state index in [-0.39, 0.29) is 37.2 Å². The fourth-order valence-corrected chi connectivity index (χ4v) is 4.25. The van der Waals surface area contributed by atoms with E-state index in [9.17, 15) is 10.2 Å². The third-order valence-electron chi connectivity index (χ3n) is 6.54. The van der Waals surface area contributed by atoms with Gasteiger partial charge in [0, 0.05) is 12.4 Å². The van der Waals surface area contributed by atoms with E-state index in [1.54, 1.807) is 12.4 Å². The molecule has 4 aromatic rings. The molecule has 0 bridgehead atoms. The molecule has 2 atom stereocenters. The minimum absolute atomic E-state index is 0.0465. The van der Waals surface area contributed by atoms with E-state index >= 15 is 0 Å². The summed E-state index contributed by atoms with van der Waals surface area (Å²) in [6.45, 7) is 8.27. The Kier molecular flexibility index (Phi) is 11.5. The molecule has 0 aromatic carbocycles. The lowest BCUT2D eigenvalue weighted by atomic mass is 10.1. The van der Waals surface area contributed by atoms with Crippen molar-refractivity contribution >= 4 is 45.6 Å². The molecule has 0 saturated heterocycles. The number of aromatic nitrogens is 6. The van der Waals surface area contributed by atoms with Crippen LogP contribution >= 0.6 is 0 Å². The van der Waals surface area contributed by atoms with Crippen molar-refractivity contribution in [3.05, 3.63) is 35.7 Å². The van der Waals surface area contributed by atoms with Gasteiger partial charge in [0.2, 0.25) is 11.9 Å². The summed E-state index contributed by atoms with van der Waals surface area (Å²) in [6, 6.07) is 3.68. The van der Waals surface area contributed by atoms with Gasteiger partial charge in [0.05, 0.1) is 36.3 Å². The summed E-state index contributed by atoms with van der Waals surface area (Å²) in [7, 11) is 0. The van der Waals surface area contributed by atoms with Gasteiger partial charge in [-0.15, -0.1) is 0 Å². The first-order chi connectivity index (χ1) is 19.3. The van der Waals surface area contributed by atoms with E-state index < -0.39 is 0 Å². The highest BCUT2D eigenvalue weighted by Gasteiger charge is 2.15. The number of aliphatic hydroxyl groups excluding tert-OH is 2. The molecule has 40 heavy (non-hydrogen) atoms. The lowest BCUT2D eigenvalue weighted by Crippen LogP contribution is -2.25. The molecule has 8 N–H and O–H groups in total. The molecule has 4 aromatic heterocycles. The number of hydrogen-bond donors (Lipinski definition) is 6. The first-order valence-electron chi connectivity index (χ1n) is 13.8. The molecule has 0 aliphatic rings. The van der Waals surface area contributed by atoms with Crippen LogP contribution in [0.4, 0.5) is 23.5 Å². The smallest absolute Gasteiger partial charge is 0.222 e. The first-order valence-corrected chi connectivity index (χ1v) is 13.8. The molecular weight excluding hydrogens is 508 g/mol. The van der Waals surface area contributed by atoms with Crippen molar-refractivity contribution in [1.82, 2.24) is 29.9 Å². The Balaban J connectivity index is 0.000000220. The van der Waals surface area contributed by atoms with E-state index in [1.807, 2.05) is 26.0 Å². The number of nitrogens with two attached hydrogens (primary N) is 2. The zero-order valence-corrected chi connectivity index (χ0v) is 23.9. The predicted octanol–water partition coefficient (Wildman–Crippen LogP) is 3.76. The van der Waals surface area contributed by atoms with E-state index in [0.717, 1.165) is 60.7 Å². The van der Waals surface area contributed by atoms with Gasteiger partial charge in [-0.2, -0.15) is 9.97 Å². The van der Waals surface area contributed by atoms with Crippen LogP contribution in [0.5, 0.6) is 0 Å². The van der Waals surface area contributed by atoms with Gasteiger partial charge < -0.3 is 32.3 Å². The number of pyridine rings is 2. The van der Waals surface area contributed by atoms with Gasteiger partial charge in [-0.25, -0.2) is 9.97 Å². The molecule has 0 amide bonds. The average Bonchev–Trinajstić information content (AvgIpc) is 2.94. The summed E-state index contributed by atoms with van der Waals surface area (Å²) in [6.07, 6.45) is 9.47. The first kappa shape index (κ1) is 30.6. The van der Waals surface area contributed by atoms with Crippen LogP contribution in [0.3, 0.4) is 0 Å². The summed E-state index contributed by atoms with van der Waals surface area (Å²) in [4.78, 5) is 25.6. The second-order valence-corrected chi connectivity index (χ2v) is 9.84. The van der Waals surface area contributed by atoms with Crippen LogP contribution in [0.1, 0.15) is 63.5 Å². The summed E-state index contributed by atoms with van der Waals surface area (Å²) >= 11 is 0. The lowest BCUT2D eigenvalue weighted by Gasteiger charge is -2.17. The van der Waals surface area contributed by atoms with Crippen LogP contribution in [-0.4, -0.2) is 65.4 Å². The molecule has 0 unspecified atom stereocenters. The number of anilines is 4. The Bertz CT molecular complexity index is 1280. The van der Waals surface area contributed by atoms with Gasteiger partial charge in [-0.05, 0) is 49.9 Å². The summed E-state index contributed by atoms with van der Waals surface area (Å²) in [5, 5.41) is 25.4. The van der Waals surface area contributed by atoms with Crippen LogP contribution in [-0.2, 0) is 0 Å². The molecule has 4 rings (SSSR count). The maximum absolute atomic E-state index is 9.45. The zero-order valence-electron chi connectivity index (χ0n) is 23.9. The highest BCUT2D eigenvalue weighted by atomic mass is 16.3. The lowest BCUT2D eigenvalue weighted by molar-refractivity contribution is 0.266. The molecule has 0 aliphatic heterocycles. The van der Waals surface area contributed by atoms with E-state index in [4.69, 9.17) is 11.5 Å². The van der Waals surface area contributed by atoms with Crippen molar-refractivity contribution in [3.8, 4) is 0 Å². The largest absolute Gasteiger partial charge is 0.394 e. The van der Waals surface area contributed by atoms with Gasteiger partial charge in [-0.1, -0.05) is 39.5 Å². The number of aryl methyl sites for hydroxylation is 2. The molecule has 0 fully saturated rings. The maximum Gasteiger partial charge on any atom is 0.222 e. The Labute approximate surface area is 235 Å². The third kappa shape index (κ3) is 8.06. The van der Waals surface area contributed by atoms with Crippen LogP contribution in [0.25, 0.3) is 22.1 Å². The highest BCUT2D eigenvalue weighted by molar-refractivity contribution is 5.89. The minimum atomic E-state index is -0.0465. The summed E-state index contributed by atoms with van der Waals surface area (Å²) in [5.74, 6) is 1.60. The second kappa shape index (κ2) is 15.0. The quantitative estimate of drug-likeness (QED) is 0.150. The van der Waals surface area contributed by atoms with Gasteiger partial charge in [-0.3, -0.25) is 9.97 Å². The molecule has 0 radical (unpaired) electrons. The Morgan fingerprint density at radius 3 is 1.43 bits per heavy atom. The molecule has 216 valence electrons. The van der Waals surface area contributed by atoms with E-state index in [0.29, 0.717) is 22.7 Å². The number of nitrogens with one attached hydrogen (secondary N) is 2. The van der Waals surface area contributed by atoms with E-state index in [1.165, 1.54) is 0 Å². The van der Waals surface area contributed by atoms with Gasteiger partial charge >= 0.3 is 0 Å². The molecule has 12 nitrogen and oxygen atoms in total. The number of aliphatic hydroxyl groups is 2. The summed E-state index contributed by atoms with van der Waals surface area (Å²) < 4.78 is 0. The van der Waals surface area contributed by atoms with Crippen LogP contribution < -0.4 is 22.1 Å². The van der Waals surface area contributed by atoms with Crippen LogP contribution in [0.2, 0.25) is 0 Å². The topological polar surface area (TPSA) is 194 Å². The standard InChI is InChI=1S/2C14H21N5O/c2*1-3-4-5-10(8-20)17-13-12-11(18-14(15)19-13)9(2)6-7-16-12/h2*6-7,10,20H,3-5,8H2,1-2H3,(H3,15,17,18,19)/t2*10-/m10/s1. The zero-order chi connectivity index (χ0) is 29.1. The number of fused-ring (bicyclic) bond motifs is 2. The number of unbranched alkanes of at least 4 members (excludes halogenated alkanes) is 2. The van der Waals surface area contributed by atoms with Crippen LogP contribution in [0.15, 0.2) is 24.5 Å². The fraction of sp³-hybridized carbons (Fsp3) is 0.500. The van der Waals surface area contributed by atoms with Crippen molar-refractivity contribution < 1.29 is 10.2 Å². The fourth-order valence-electron chi connectivity index (χ4n) is 4.25.